The van der Waals surface area contributed by atoms with E-state index in [0.29, 0.717) is 18.1 Å². The maximum atomic E-state index is 5.53. The topological polar surface area (TPSA) is 24.5 Å². The van der Waals surface area contributed by atoms with Crippen LogP contribution in [0.2, 0.25) is 0 Å². The van der Waals surface area contributed by atoms with Crippen LogP contribution in [0.4, 0.5) is 0 Å². The predicted octanol–water partition coefficient (Wildman–Crippen LogP) is 3.61. The maximum Gasteiger partial charge on any atom is 0.119 e. The Kier molecular flexibility index (Phi) is 6.07. The lowest BCUT2D eigenvalue weighted by atomic mass is 9.95. The van der Waals surface area contributed by atoms with Crippen molar-refractivity contribution in [3.63, 3.8) is 0 Å². The third-order valence-electron chi connectivity index (χ3n) is 4.71. The molecule has 2 rings (SSSR count). The Hall–Kier alpha value is -1.06. The molecule has 0 amide bonds. The molecule has 1 saturated heterocycles. The fraction of sp³-hybridized carbons (Fsp3) is 0.667. The summed E-state index contributed by atoms with van der Waals surface area (Å²) in [6, 6.07) is 10.3. The fourth-order valence-corrected chi connectivity index (χ4v) is 3.37. The molecule has 3 unspecified atom stereocenters. The second kappa shape index (κ2) is 7.81. The number of likely N-dealkylation sites (N-methyl/N-ethyl adjacent to an activating group) is 1. The molecular formula is C18H30N2O. The van der Waals surface area contributed by atoms with Gasteiger partial charge in [-0.05, 0) is 58.4 Å². The minimum absolute atomic E-state index is 0.378. The Morgan fingerprint density at radius 1 is 1.19 bits per heavy atom. The van der Waals surface area contributed by atoms with E-state index in [1.807, 2.05) is 6.92 Å². The van der Waals surface area contributed by atoms with Crippen LogP contribution in [0, 0.1) is 0 Å². The van der Waals surface area contributed by atoms with Crippen LogP contribution in [0.1, 0.15) is 51.6 Å². The van der Waals surface area contributed by atoms with E-state index in [2.05, 4.69) is 55.4 Å². The van der Waals surface area contributed by atoms with Crippen LogP contribution in [-0.4, -0.2) is 37.2 Å². The molecule has 1 aromatic carbocycles. The monoisotopic (exact) mass is 290 g/mol. The van der Waals surface area contributed by atoms with Gasteiger partial charge >= 0.3 is 0 Å². The van der Waals surface area contributed by atoms with Crippen LogP contribution in [-0.2, 0) is 0 Å². The number of hydrogen-bond acceptors (Lipinski definition) is 3. The van der Waals surface area contributed by atoms with Gasteiger partial charge in [-0.1, -0.05) is 18.6 Å². The Labute approximate surface area is 129 Å². The highest BCUT2D eigenvalue weighted by atomic mass is 16.5. The van der Waals surface area contributed by atoms with Crippen LogP contribution < -0.4 is 10.1 Å². The molecule has 1 fully saturated rings. The second-order valence-corrected chi connectivity index (χ2v) is 6.17. The normalized spacial score (nSPS) is 24.8. The van der Waals surface area contributed by atoms with E-state index in [-0.39, 0.29) is 0 Å². The average molecular weight is 290 g/mol. The standard InChI is InChI=1S/C18H30N2O/c1-5-21-17-11-9-16(10-12-17)18(19-4)13-20-14(2)7-6-8-15(20)3/h9-12,14-15,18-19H,5-8,13H2,1-4H3. The molecule has 1 aromatic rings. The molecule has 0 bridgehead atoms. The van der Waals surface area contributed by atoms with Crippen LogP contribution in [0.5, 0.6) is 5.75 Å². The number of rotatable bonds is 6. The molecule has 3 atom stereocenters. The fourth-order valence-electron chi connectivity index (χ4n) is 3.37. The van der Waals surface area contributed by atoms with Gasteiger partial charge in [-0.25, -0.2) is 0 Å². The molecule has 1 aliphatic heterocycles. The predicted molar refractivity (Wildman–Crippen MR) is 88.9 cm³/mol. The number of nitrogens with zero attached hydrogens (tertiary/aromatic N) is 1. The molecule has 1 heterocycles. The van der Waals surface area contributed by atoms with E-state index < -0.39 is 0 Å². The van der Waals surface area contributed by atoms with Crippen molar-refractivity contribution >= 4 is 0 Å². The Morgan fingerprint density at radius 3 is 2.33 bits per heavy atom. The van der Waals surface area contributed by atoms with Gasteiger partial charge in [0.05, 0.1) is 6.61 Å². The molecular weight excluding hydrogens is 260 g/mol. The lowest BCUT2D eigenvalue weighted by Gasteiger charge is -2.41. The van der Waals surface area contributed by atoms with E-state index in [9.17, 15) is 0 Å². The zero-order valence-corrected chi connectivity index (χ0v) is 13.9. The number of ether oxygens (including phenoxy) is 1. The van der Waals surface area contributed by atoms with Gasteiger partial charge in [-0.15, -0.1) is 0 Å². The molecule has 0 radical (unpaired) electrons. The first-order chi connectivity index (χ1) is 10.2. The average Bonchev–Trinajstić information content (AvgIpc) is 2.49. The van der Waals surface area contributed by atoms with Gasteiger partial charge in [0, 0.05) is 24.7 Å². The summed E-state index contributed by atoms with van der Waals surface area (Å²) in [6.45, 7) is 8.54. The summed E-state index contributed by atoms with van der Waals surface area (Å²) < 4.78 is 5.53. The van der Waals surface area contributed by atoms with Crippen molar-refractivity contribution in [3.8, 4) is 5.75 Å². The van der Waals surface area contributed by atoms with E-state index in [1.165, 1.54) is 24.8 Å². The number of benzene rings is 1. The third-order valence-corrected chi connectivity index (χ3v) is 4.71. The molecule has 1 aliphatic rings. The largest absolute Gasteiger partial charge is 0.494 e. The molecule has 3 heteroatoms. The van der Waals surface area contributed by atoms with E-state index in [0.717, 1.165) is 18.9 Å². The number of piperidine rings is 1. The van der Waals surface area contributed by atoms with Crippen molar-refractivity contribution in [2.45, 2.75) is 58.2 Å². The molecule has 0 saturated carbocycles. The summed E-state index contributed by atoms with van der Waals surface area (Å²) in [4.78, 5) is 2.65. The third kappa shape index (κ3) is 4.21. The smallest absolute Gasteiger partial charge is 0.119 e. The number of nitrogens with one attached hydrogen (secondary N) is 1. The summed E-state index contributed by atoms with van der Waals surface area (Å²) in [7, 11) is 2.06. The van der Waals surface area contributed by atoms with Crippen LogP contribution in [0.25, 0.3) is 0 Å². The maximum absolute atomic E-state index is 5.53. The first-order valence-corrected chi connectivity index (χ1v) is 8.31. The zero-order valence-electron chi connectivity index (χ0n) is 13.9. The molecule has 3 nitrogen and oxygen atoms in total. The summed E-state index contributed by atoms with van der Waals surface area (Å²) in [5.74, 6) is 0.954. The van der Waals surface area contributed by atoms with Gasteiger partial charge < -0.3 is 10.1 Å². The van der Waals surface area contributed by atoms with E-state index >= 15 is 0 Å². The Balaban J connectivity index is 2.04. The van der Waals surface area contributed by atoms with Crippen molar-refractivity contribution in [2.75, 3.05) is 20.2 Å². The van der Waals surface area contributed by atoms with E-state index in [1.54, 1.807) is 0 Å². The van der Waals surface area contributed by atoms with Crippen molar-refractivity contribution in [1.29, 1.82) is 0 Å². The highest BCUT2D eigenvalue weighted by molar-refractivity contribution is 5.29. The Bertz CT molecular complexity index is 408. The van der Waals surface area contributed by atoms with Gasteiger partial charge in [-0.3, -0.25) is 4.90 Å². The molecule has 1 N–H and O–H groups in total. The Morgan fingerprint density at radius 2 is 1.81 bits per heavy atom. The molecule has 0 spiro atoms. The first-order valence-electron chi connectivity index (χ1n) is 8.31. The van der Waals surface area contributed by atoms with Crippen LogP contribution in [0.15, 0.2) is 24.3 Å². The minimum Gasteiger partial charge on any atom is -0.494 e. The molecule has 21 heavy (non-hydrogen) atoms. The summed E-state index contributed by atoms with van der Waals surface area (Å²) in [5.41, 5.74) is 1.34. The van der Waals surface area contributed by atoms with Gasteiger partial charge in [0.15, 0.2) is 0 Å². The van der Waals surface area contributed by atoms with Crippen molar-refractivity contribution in [1.82, 2.24) is 10.2 Å². The minimum atomic E-state index is 0.378. The van der Waals surface area contributed by atoms with Crippen molar-refractivity contribution < 1.29 is 4.74 Å². The van der Waals surface area contributed by atoms with Gasteiger partial charge in [0.25, 0.3) is 0 Å². The second-order valence-electron chi connectivity index (χ2n) is 6.17. The van der Waals surface area contributed by atoms with Gasteiger partial charge in [-0.2, -0.15) is 0 Å². The highest BCUT2D eigenvalue weighted by Crippen LogP contribution is 2.26. The first kappa shape index (κ1) is 16.3. The SMILES string of the molecule is CCOc1ccc(C(CN2C(C)CCCC2C)NC)cc1. The van der Waals surface area contributed by atoms with Gasteiger partial charge in [0.1, 0.15) is 5.75 Å². The summed E-state index contributed by atoms with van der Waals surface area (Å²) in [6.07, 6.45) is 4.01. The highest BCUT2D eigenvalue weighted by Gasteiger charge is 2.26. The molecule has 0 aromatic heterocycles. The number of likely N-dealkylation sites (tertiary alicyclic amines) is 1. The van der Waals surface area contributed by atoms with Crippen LogP contribution >= 0.6 is 0 Å². The molecule has 118 valence electrons. The zero-order chi connectivity index (χ0) is 15.2. The number of hydrogen-bond donors (Lipinski definition) is 1. The summed E-state index contributed by atoms with van der Waals surface area (Å²) in [5, 5.41) is 3.48. The summed E-state index contributed by atoms with van der Waals surface area (Å²) >= 11 is 0. The van der Waals surface area contributed by atoms with Gasteiger partial charge in [0.2, 0.25) is 0 Å². The van der Waals surface area contributed by atoms with Crippen LogP contribution in [0.3, 0.4) is 0 Å². The lowest BCUT2D eigenvalue weighted by molar-refractivity contribution is 0.0920. The van der Waals surface area contributed by atoms with Crippen molar-refractivity contribution in [3.05, 3.63) is 29.8 Å². The molecule has 0 aliphatic carbocycles. The lowest BCUT2D eigenvalue weighted by Crippen LogP contribution is -2.47. The van der Waals surface area contributed by atoms with Crippen molar-refractivity contribution in [2.24, 2.45) is 0 Å². The quantitative estimate of drug-likeness (QED) is 0.866. The van der Waals surface area contributed by atoms with E-state index in [4.69, 9.17) is 4.74 Å².